The molecule has 5 nitrogen and oxygen atoms in total. The third kappa shape index (κ3) is 2.82. The molecular weight excluding hydrogens is 258 g/mol. The number of carbonyl (C=O) groups excluding carboxylic acids is 1. The summed E-state index contributed by atoms with van der Waals surface area (Å²) in [5.41, 5.74) is 0. The van der Waals surface area contributed by atoms with E-state index in [4.69, 9.17) is 9.84 Å². The second-order valence-corrected chi connectivity index (χ2v) is 6.35. The van der Waals surface area contributed by atoms with Crippen LogP contribution in [0.5, 0.6) is 0 Å². The number of amides is 1. The van der Waals surface area contributed by atoms with Crippen LogP contribution in [0.3, 0.4) is 0 Å². The van der Waals surface area contributed by atoms with Gasteiger partial charge in [-0.25, -0.2) is 0 Å². The summed E-state index contributed by atoms with van der Waals surface area (Å²) >= 11 is 0. The topological polar surface area (TPSA) is 66.8 Å². The van der Waals surface area contributed by atoms with E-state index in [1.165, 1.54) is 12.8 Å². The molecule has 0 bridgehead atoms. The molecule has 1 aliphatic heterocycles. The second kappa shape index (κ2) is 5.72. The molecule has 112 valence electrons. The Morgan fingerprint density at radius 2 is 1.85 bits per heavy atom. The number of carboxylic acids is 1. The lowest BCUT2D eigenvalue weighted by atomic mass is 10.1. The standard InChI is InChI=1S/C15H23NO4/c17-14(12-8-13(12)15(18)19)16(10-4-1-2-5-10)9-11-6-3-7-20-11/h10-13H,1-9H2,(H,18,19). The third-order valence-electron chi connectivity index (χ3n) is 4.90. The zero-order valence-electron chi connectivity index (χ0n) is 11.8. The minimum atomic E-state index is -0.827. The highest BCUT2D eigenvalue weighted by molar-refractivity contribution is 5.89. The summed E-state index contributed by atoms with van der Waals surface area (Å²) in [5.74, 6) is -1.50. The van der Waals surface area contributed by atoms with Crippen molar-refractivity contribution in [3.05, 3.63) is 0 Å². The molecule has 3 rings (SSSR count). The zero-order chi connectivity index (χ0) is 14.1. The van der Waals surface area contributed by atoms with Gasteiger partial charge in [0.15, 0.2) is 0 Å². The molecule has 3 unspecified atom stereocenters. The van der Waals surface area contributed by atoms with Crippen LogP contribution in [0.15, 0.2) is 0 Å². The van der Waals surface area contributed by atoms with Gasteiger partial charge in [-0.2, -0.15) is 0 Å². The van der Waals surface area contributed by atoms with Crippen LogP contribution in [0.2, 0.25) is 0 Å². The number of hydrogen-bond donors (Lipinski definition) is 1. The smallest absolute Gasteiger partial charge is 0.307 e. The summed E-state index contributed by atoms with van der Waals surface area (Å²) in [6.45, 7) is 1.45. The first-order chi connectivity index (χ1) is 9.66. The Bertz CT molecular complexity index is 385. The molecule has 0 aromatic rings. The molecule has 0 aromatic heterocycles. The van der Waals surface area contributed by atoms with Gasteiger partial charge in [0.1, 0.15) is 0 Å². The summed E-state index contributed by atoms with van der Waals surface area (Å²) < 4.78 is 5.66. The highest BCUT2D eigenvalue weighted by atomic mass is 16.5. The van der Waals surface area contributed by atoms with E-state index in [0.717, 1.165) is 32.3 Å². The van der Waals surface area contributed by atoms with Crippen molar-refractivity contribution < 1.29 is 19.4 Å². The molecule has 3 aliphatic rings. The van der Waals surface area contributed by atoms with Crippen molar-refractivity contribution in [3.63, 3.8) is 0 Å². The Kier molecular flexibility index (Phi) is 3.96. The van der Waals surface area contributed by atoms with Crippen molar-refractivity contribution in [1.82, 2.24) is 4.90 Å². The normalized spacial score (nSPS) is 33.3. The average Bonchev–Trinajstić information content (AvgIpc) is 2.84. The van der Waals surface area contributed by atoms with Crippen LogP contribution in [0.25, 0.3) is 0 Å². The molecular formula is C15H23NO4. The Balaban J connectivity index is 1.64. The van der Waals surface area contributed by atoms with Gasteiger partial charge < -0.3 is 14.7 Å². The fraction of sp³-hybridized carbons (Fsp3) is 0.867. The lowest BCUT2D eigenvalue weighted by molar-refractivity contribution is -0.143. The van der Waals surface area contributed by atoms with Crippen LogP contribution in [-0.2, 0) is 14.3 Å². The molecule has 2 saturated carbocycles. The molecule has 1 heterocycles. The van der Waals surface area contributed by atoms with Gasteiger partial charge in [0, 0.05) is 19.2 Å². The van der Waals surface area contributed by atoms with Crippen molar-refractivity contribution in [3.8, 4) is 0 Å². The quantitative estimate of drug-likeness (QED) is 0.832. The maximum atomic E-state index is 12.6. The number of carbonyl (C=O) groups is 2. The third-order valence-corrected chi connectivity index (χ3v) is 4.90. The summed E-state index contributed by atoms with van der Waals surface area (Å²) in [4.78, 5) is 25.5. The summed E-state index contributed by atoms with van der Waals surface area (Å²) in [5, 5.41) is 9.01. The fourth-order valence-corrected chi connectivity index (χ4v) is 3.60. The maximum Gasteiger partial charge on any atom is 0.307 e. The van der Waals surface area contributed by atoms with E-state index >= 15 is 0 Å². The van der Waals surface area contributed by atoms with Gasteiger partial charge in [0.2, 0.25) is 5.91 Å². The second-order valence-electron chi connectivity index (χ2n) is 6.35. The minimum Gasteiger partial charge on any atom is -0.481 e. The zero-order valence-corrected chi connectivity index (χ0v) is 11.8. The number of nitrogens with zero attached hydrogens (tertiary/aromatic N) is 1. The van der Waals surface area contributed by atoms with Crippen molar-refractivity contribution in [2.45, 2.75) is 57.1 Å². The van der Waals surface area contributed by atoms with Crippen LogP contribution in [0, 0.1) is 11.8 Å². The minimum absolute atomic E-state index is 0.0554. The molecule has 0 spiro atoms. The first-order valence-corrected chi connectivity index (χ1v) is 7.81. The van der Waals surface area contributed by atoms with Crippen LogP contribution >= 0.6 is 0 Å². The van der Waals surface area contributed by atoms with Crippen LogP contribution in [0.4, 0.5) is 0 Å². The molecule has 3 atom stereocenters. The molecule has 0 radical (unpaired) electrons. The predicted octanol–water partition coefficient (Wildman–Crippen LogP) is 1.66. The van der Waals surface area contributed by atoms with Crippen LogP contribution in [0.1, 0.15) is 44.9 Å². The van der Waals surface area contributed by atoms with E-state index in [2.05, 4.69) is 0 Å². The van der Waals surface area contributed by atoms with Crippen molar-refractivity contribution in [1.29, 1.82) is 0 Å². The van der Waals surface area contributed by atoms with Gasteiger partial charge in [-0.1, -0.05) is 12.8 Å². The fourth-order valence-electron chi connectivity index (χ4n) is 3.60. The first-order valence-electron chi connectivity index (χ1n) is 7.81. The molecule has 20 heavy (non-hydrogen) atoms. The van der Waals surface area contributed by atoms with E-state index in [1.54, 1.807) is 0 Å². The predicted molar refractivity (Wildman–Crippen MR) is 72.2 cm³/mol. The number of hydrogen-bond acceptors (Lipinski definition) is 3. The monoisotopic (exact) mass is 281 g/mol. The Morgan fingerprint density at radius 3 is 2.40 bits per heavy atom. The Labute approximate surface area is 119 Å². The summed E-state index contributed by atoms with van der Waals surface area (Å²) in [6.07, 6.45) is 7.22. The summed E-state index contributed by atoms with van der Waals surface area (Å²) in [7, 11) is 0. The largest absolute Gasteiger partial charge is 0.481 e. The molecule has 1 N–H and O–H groups in total. The Hall–Kier alpha value is -1.10. The van der Waals surface area contributed by atoms with E-state index in [1.807, 2.05) is 4.90 Å². The SMILES string of the molecule is O=C(O)C1CC1C(=O)N(CC1CCCO1)C1CCCC1. The van der Waals surface area contributed by atoms with E-state index < -0.39 is 11.9 Å². The number of aliphatic carboxylic acids is 1. The van der Waals surface area contributed by atoms with Gasteiger partial charge in [0.05, 0.1) is 17.9 Å². The lowest BCUT2D eigenvalue weighted by Crippen LogP contribution is -2.44. The molecule has 1 amide bonds. The first kappa shape index (κ1) is 13.9. The van der Waals surface area contributed by atoms with Gasteiger partial charge >= 0.3 is 5.97 Å². The molecule has 3 fully saturated rings. The van der Waals surface area contributed by atoms with Gasteiger partial charge in [-0.05, 0) is 32.1 Å². The molecule has 1 saturated heterocycles. The number of ether oxygens (including phenoxy) is 1. The maximum absolute atomic E-state index is 12.6. The van der Waals surface area contributed by atoms with E-state index in [0.29, 0.717) is 19.0 Å². The van der Waals surface area contributed by atoms with Gasteiger partial charge in [-0.3, -0.25) is 9.59 Å². The lowest BCUT2D eigenvalue weighted by Gasteiger charge is -2.31. The highest BCUT2D eigenvalue weighted by Gasteiger charge is 2.51. The Morgan fingerprint density at radius 1 is 1.10 bits per heavy atom. The van der Waals surface area contributed by atoms with Crippen molar-refractivity contribution in [2.24, 2.45) is 11.8 Å². The highest BCUT2D eigenvalue weighted by Crippen LogP contribution is 2.41. The van der Waals surface area contributed by atoms with E-state index in [9.17, 15) is 9.59 Å². The van der Waals surface area contributed by atoms with Crippen LogP contribution in [-0.4, -0.2) is 47.2 Å². The van der Waals surface area contributed by atoms with Gasteiger partial charge in [-0.15, -0.1) is 0 Å². The molecule has 5 heteroatoms. The van der Waals surface area contributed by atoms with Gasteiger partial charge in [0.25, 0.3) is 0 Å². The molecule has 0 aromatic carbocycles. The average molecular weight is 281 g/mol. The van der Waals surface area contributed by atoms with Crippen molar-refractivity contribution in [2.75, 3.05) is 13.2 Å². The molecule has 2 aliphatic carbocycles. The van der Waals surface area contributed by atoms with Crippen molar-refractivity contribution >= 4 is 11.9 Å². The van der Waals surface area contributed by atoms with E-state index in [-0.39, 0.29) is 17.9 Å². The number of rotatable bonds is 5. The number of carboxylic acid groups (broad SMARTS) is 1. The van der Waals surface area contributed by atoms with Crippen LogP contribution < -0.4 is 0 Å². The summed E-state index contributed by atoms with van der Waals surface area (Å²) in [6, 6.07) is 0.307.